The summed E-state index contributed by atoms with van der Waals surface area (Å²) in [5.74, 6) is -0.898. The number of rotatable bonds is 3. The first-order valence-corrected chi connectivity index (χ1v) is 4.87. The minimum atomic E-state index is -4.53. The average molecular weight is 253 g/mol. The number of halogens is 5. The fourth-order valence-corrected chi connectivity index (χ4v) is 1.33. The van der Waals surface area contributed by atoms with E-state index < -0.39 is 17.6 Å². The van der Waals surface area contributed by atoms with Crippen LogP contribution in [0.3, 0.4) is 0 Å². The van der Waals surface area contributed by atoms with Crippen molar-refractivity contribution in [3.63, 3.8) is 0 Å². The second kappa shape index (κ2) is 4.87. The van der Waals surface area contributed by atoms with E-state index in [0.717, 1.165) is 12.1 Å². The van der Waals surface area contributed by atoms with Crippen LogP contribution in [-0.4, -0.2) is 0 Å². The van der Waals surface area contributed by atoms with Gasteiger partial charge in [-0.05, 0) is 36.6 Å². The molecular formula is C11H9ClF4. The van der Waals surface area contributed by atoms with E-state index in [1.54, 1.807) is 0 Å². The molecule has 1 aromatic rings. The lowest BCUT2D eigenvalue weighted by molar-refractivity contribution is -0.137. The van der Waals surface area contributed by atoms with E-state index in [4.69, 9.17) is 11.6 Å². The van der Waals surface area contributed by atoms with Gasteiger partial charge in [-0.15, -0.1) is 0 Å². The van der Waals surface area contributed by atoms with Crippen LogP contribution in [-0.2, 0) is 12.6 Å². The topological polar surface area (TPSA) is 0 Å². The largest absolute Gasteiger partial charge is 0.416 e. The van der Waals surface area contributed by atoms with E-state index in [-0.39, 0.29) is 12.0 Å². The number of benzene rings is 1. The molecule has 0 bridgehead atoms. The molecule has 0 aliphatic heterocycles. The summed E-state index contributed by atoms with van der Waals surface area (Å²) in [6.45, 7) is 3.41. The predicted octanol–water partition coefficient (Wildman–Crippen LogP) is 4.53. The summed E-state index contributed by atoms with van der Waals surface area (Å²) in [7, 11) is 0. The number of aryl methyl sites for hydroxylation is 1. The molecule has 0 aliphatic carbocycles. The first-order chi connectivity index (χ1) is 7.29. The first-order valence-electron chi connectivity index (χ1n) is 4.49. The number of hydrogen-bond donors (Lipinski definition) is 0. The molecule has 0 spiro atoms. The number of allylic oxidation sites excluding steroid dienone is 1. The Labute approximate surface area is 95.5 Å². The molecule has 0 saturated carbocycles. The third kappa shape index (κ3) is 3.85. The molecule has 88 valence electrons. The predicted molar refractivity (Wildman–Crippen MR) is 54.7 cm³/mol. The van der Waals surface area contributed by atoms with E-state index in [1.165, 1.54) is 0 Å². The van der Waals surface area contributed by atoms with E-state index in [0.29, 0.717) is 17.5 Å². The van der Waals surface area contributed by atoms with Gasteiger partial charge in [0, 0.05) is 5.03 Å². The van der Waals surface area contributed by atoms with Gasteiger partial charge in [0.05, 0.1) is 5.56 Å². The lowest BCUT2D eigenvalue weighted by Gasteiger charge is -2.09. The maximum atomic E-state index is 12.9. The monoisotopic (exact) mass is 252 g/mol. The van der Waals surface area contributed by atoms with Crippen molar-refractivity contribution < 1.29 is 17.6 Å². The van der Waals surface area contributed by atoms with Crippen LogP contribution in [0.25, 0.3) is 0 Å². The van der Waals surface area contributed by atoms with Gasteiger partial charge in [0.25, 0.3) is 0 Å². The van der Waals surface area contributed by atoms with Crippen LogP contribution in [0, 0.1) is 5.82 Å². The Morgan fingerprint density at radius 3 is 2.38 bits per heavy atom. The van der Waals surface area contributed by atoms with Gasteiger partial charge in [-0.3, -0.25) is 0 Å². The zero-order chi connectivity index (χ0) is 12.3. The Hall–Kier alpha value is -1.03. The van der Waals surface area contributed by atoms with E-state index in [2.05, 4.69) is 6.58 Å². The quantitative estimate of drug-likeness (QED) is 0.694. The van der Waals surface area contributed by atoms with Crippen LogP contribution in [0.2, 0.25) is 0 Å². The van der Waals surface area contributed by atoms with Crippen molar-refractivity contribution in [2.24, 2.45) is 0 Å². The number of alkyl halides is 3. The zero-order valence-corrected chi connectivity index (χ0v) is 9.00. The molecule has 0 amide bonds. The molecular weight excluding hydrogens is 244 g/mol. The van der Waals surface area contributed by atoms with Gasteiger partial charge in [-0.2, -0.15) is 13.2 Å². The first kappa shape index (κ1) is 13.0. The lowest BCUT2D eigenvalue weighted by Crippen LogP contribution is -2.06. The smallest absolute Gasteiger partial charge is 0.207 e. The van der Waals surface area contributed by atoms with Crippen molar-refractivity contribution >= 4 is 11.6 Å². The maximum absolute atomic E-state index is 12.9. The van der Waals surface area contributed by atoms with E-state index in [9.17, 15) is 17.6 Å². The third-order valence-electron chi connectivity index (χ3n) is 1.97. The molecule has 0 heterocycles. The Balaban J connectivity index is 2.94. The Bertz CT molecular complexity index is 395. The minimum absolute atomic E-state index is 0.239. The van der Waals surface area contributed by atoms with Gasteiger partial charge >= 0.3 is 6.18 Å². The maximum Gasteiger partial charge on any atom is 0.416 e. The highest BCUT2D eigenvalue weighted by molar-refractivity contribution is 6.29. The summed E-state index contributed by atoms with van der Waals surface area (Å²) < 4.78 is 49.9. The standard InChI is InChI=1S/C11H9ClF4/c1-7(12)2-3-8-4-9(11(14,15)16)6-10(13)5-8/h4-6H,1-3H2. The van der Waals surface area contributed by atoms with Gasteiger partial charge < -0.3 is 0 Å². The molecule has 0 radical (unpaired) electrons. The summed E-state index contributed by atoms with van der Waals surface area (Å²) in [5.41, 5.74) is -0.725. The molecule has 0 atom stereocenters. The van der Waals surface area contributed by atoms with E-state index in [1.807, 2.05) is 0 Å². The SMILES string of the molecule is C=C(Cl)CCc1cc(F)cc(C(F)(F)F)c1. The fourth-order valence-electron chi connectivity index (χ4n) is 1.24. The van der Waals surface area contributed by atoms with Gasteiger partial charge in [0.1, 0.15) is 5.82 Å². The van der Waals surface area contributed by atoms with Crippen LogP contribution in [0.15, 0.2) is 29.8 Å². The van der Waals surface area contributed by atoms with Crippen molar-refractivity contribution in [1.29, 1.82) is 0 Å². The van der Waals surface area contributed by atoms with Crippen molar-refractivity contribution in [3.05, 3.63) is 46.8 Å². The Morgan fingerprint density at radius 1 is 1.25 bits per heavy atom. The minimum Gasteiger partial charge on any atom is -0.207 e. The summed E-state index contributed by atoms with van der Waals surface area (Å²) in [6, 6.07) is 2.46. The highest BCUT2D eigenvalue weighted by atomic mass is 35.5. The van der Waals surface area contributed by atoms with Crippen LogP contribution >= 0.6 is 11.6 Å². The molecule has 16 heavy (non-hydrogen) atoms. The summed E-state index contributed by atoms with van der Waals surface area (Å²) in [6.07, 6.45) is -3.97. The van der Waals surface area contributed by atoms with E-state index >= 15 is 0 Å². The summed E-state index contributed by atoms with van der Waals surface area (Å²) >= 11 is 5.49. The van der Waals surface area contributed by atoms with Gasteiger partial charge in [-0.1, -0.05) is 18.2 Å². The van der Waals surface area contributed by atoms with Crippen LogP contribution in [0.5, 0.6) is 0 Å². The van der Waals surface area contributed by atoms with Crippen molar-refractivity contribution in [3.8, 4) is 0 Å². The highest BCUT2D eigenvalue weighted by Crippen LogP contribution is 2.30. The molecule has 0 aliphatic rings. The van der Waals surface area contributed by atoms with Crippen molar-refractivity contribution in [2.45, 2.75) is 19.0 Å². The second-order valence-electron chi connectivity index (χ2n) is 3.36. The molecule has 0 nitrogen and oxygen atoms in total. The number of hydrogen-bond acceptors (Lipinski definition) is 0. The summed E-state index contributed by atoms with van der Waals surface area (Å²) in [5, 5.41) is 0.331. The zero-order valence-electron chi connectivity index (χ0n) is 8.24. The molecule has 0 unspecified atom stereocenters. The molecule has 1 rings (SSSR count). The van der Waals surface area contributed by atoms with Crippen LogP contribution in [0.1, 0.15) is 17.5 Å². The third-order valence-corrected chi connectivity index (χ3v) is 2.16. The van der Waals surface area contributed by atoms with Crippen LogP contribution in [0.4, 0.5) is 17.6 Å². The normalized spacial score (nSPS) is 11.6. The van der Waals surface area contributed by atoms with Crippen molar-refractivity contribution in [1.82, 2.24) is 0 Å². The lowest BCUT2D eigenvalue weighted by atomic mass is 10.1. The molecule has 0 saturated heterocycles. The molecule has 0 aromatic heterocycles. The molecule has 1 aromatic carbocycles. The summed E-state index contributed by atoms with van der Waals surface area (Å²) in [4.78, 5) is 0. The van der Waals surface area contributed by atoms with Crippen molar-refractivity contribution in [2.75, 3.05) is 0 Å². The average Bonchev–Trinajstić information content (AvgIpc) is 2.12. The molecule has 0 N–H and O–H groups in total. The van der Waals surface area contributed by atoms with Gasteiger partial charge in [-0.25, -0.2) is 4.39 Å². The highest BCUT2D eigenvalue weighted by Gasteiger charge is 2.31. The Kier molecular flexibility index (Phi) is 3.97. The molecule has 5 heteroatoms. The fraction of sp³-hybridized carbons (Fsp3) is 0.273. The molecule has 0 fully saturated rings. The van der Waals surface area contributed by atoms with Gasteiger partial charge in [0.2, 0.25) is 0 Å². The van der Waals surface area contributed by atoms with Gasteiger partial charge in [0.15, 0.2) is 0 Å². The Morgan fingerprint density at radius 2 is 1.88 bits per heavy atom. The second-order valence-corrected chi connectivity index (χ2v) is 3.90. The van der Waals surface area contributed by atoms with Crippen LogP contribution < -0.4 is 0 Å².